The molecule has 8 nitrogen and oxygen atoms in total. The van der Waals surface area contributed by atoms with Crippen LogP contribution in [-0.4, -0.2) is 35.4 Å². The summed E-state index contributed by atoms with van der Waals surface area (Å²) in [4.78, 5) is 13.4. The summed E-state index contributed by atoms with van der Waals surface area (Å²) in [7, 11) is 0. The normalized spacial score (nSPS) is 15.4. The summed E-state index contributed by atoms with van der Waals surface area (Å²) in [5.74, 6) is -2.08. The van der Waals surface area contributed by atoms with Crippen LogP contribution < -0.4 is 10.2 Å². The number of alkyl halides is 3. The third-order valence-electron chi connectivity index (χ3n) is 3.80. The molecule has 2 heterocycles. The Morgan fingerprint density at radius 2 is 1.96 bits per heavy atom. The summed E-state index contributed by atoms with van der Waals surface area (Å²) in [6.07, 6.45) is -0.849. The molecule has 3 rings (SSSR count). The molecule has 1 aromatic carbocycles. The number of hydrogen-bond donors (Lipinski definition) is 1. The number of carbonyl (C=O) groups is 1. The average molecular weight is 368 g/mol. The Hall–Kier alpha value is -2.98. The third-order valence-corrected chi connectivity index (χ3v) is 3.80. The first-order valence-electron chi connectivity index (χ1n) is 7.88. The lowest BCUT2D eigenvalue weighted by Gasteiger charge is -2.29. The van der Waals surface area contributed by atoms with Crippen molar-refractivity contribution in [3.63, 3.8) is 0 Å². The van der Waals surface area contributed by atoms with Gasteiger partial charge < -0.3 is 14.6 Å². The average Bonchev–Trinajstić information content (AvgIpc) is 3.14. The first-order valence-corrected chi connectivity index (χ1v) is 7.88. The van der Waals surface area contributed by atoms with E-state index >= 15 is 0 Å². The second kappa shape index (κ2) is 7.50. The molecule has 0 radical (unpaired) electrons. The molecule has 11 heteroatoms. The molecule has 0 bridgehead atoms. The van der Waals surface area contributed by atoms with E-state index in [9.17, 15) is 18.0 Å². The van der Waals surface area contributed by atoms with Crippen LogP contribution in [0.4, 0.5) is 36.2 Å². The highest BCUT2D eigenvalue weighted by Crippen LogP contribution is 2.33. The maximum Gasteiger partial charge on any atom is 0.471 e. The zero-order valence-corrected chi connectivity index (χ0v) is 13.5. The number of azo groups is 1. The Kier molecular flexibility index (Phi) is 5.14. The van der Waals surface area contributed by atoms with E-state index in [-0.39, 0.29) is 17.4 Å². The summed E-state index contributed by atoms with van der Waals surface area (Å²) in [5.41, 5.74) is 0.652. The molecule has 0 spiro atoms. The van der Waals surface area contributed by atoms with Gasteiger partial charge in [0.15, 0.2) is 0 Å². The largest absolute Gasteiger partial charge is 0.471 e. The van der Waals surface area contributed by atoms with Crippen molar-refractivity contribution >= 4 is 29.0 Å². The van der Waals surface area contributed by atoms with Gasteiger partial charge >= 0.3 is 18.1 Å². The molecule has 0 aliphatic carbocycles. The molecule has 1 saturated heterocycles. The predicted octanol–water partition coefficient (Wildman–Crippen LogP) is 3.98. The number of halogens is 3. The van der Waals surface area contributed by atoms with Gasteiger partial charge in [-0.1, -0.05) is 10.2 Å². The fourth-order valence-corrected chi connectivity index (χ4v) is 2.56. The van der Waals surface area contributed by atoms with Crippen molar-refractivity contribution in [2.45, 2.75) is 25.4 Å². The van der Waals surface area contributed by atoms with Crippen LogP contribution in [0.15, 0.2) is 39.2 Å². The number of nitrogens with one attached hydrogen (secondary N) is 1. The molecular formula is C15H15F3N6O2. The summed E-state index contributed by atoms with van der Waals surface area (Å²) in [6.45, 7) is 1.60. The zero-order valence-electron chi connectivity index (χ0n) is 13.5. The lowest BCUT2D eigenvalue weighted by Crippen LogP contribution is -2.31. The van der Waals surface area contributed by atoms with Gasteiger partial charge in [-0.2, -0.15) is 13.2 Å². The number of rotatable bonds is 4. The fraction of sp³-hybridized carbons (Fsp3) is 0.400. The number of hydrogen-bond acceptors (Lipinski definition) is 7. The molecule has 1 aliphatic rings. The van der Waals surface area contributed by atoms with Crippen LogP contribution in [0, 0.1) is 0 Å². The molecule has 1 aliphatic heterocycles. The van der Waals surface area contributed by atoms with Crippen molar-refractivity contribution in [3.05, 3.63) is 24.6 Å². The minimum absolute atomic E-state index is 0.0431. The Labute approximate surface area is 146 Å². The minimum Gasteiger partial charge on any atom is -0.408 e. The van der Waals surface area contributed by atoms with Crippen LogP contribution in [0.1, 0.15) is 19.3 Å². The molecule has 2 aromatic rings. The van der Waals surface area contributed by atoms with E-state index in [4.69, 9.17) is 4.42 Å². The van der Waals surface area contributed by atoms with Crippen LogP contribution in [0.3, 0.4) is 0 Å². The second-order valence-electron chi connectivity index (χ2n) is 5.62. The first kappa shape index (κ1) is 17.8. The van der Waals surface area contributed by atoms with E-state index in [0.717, 1.165) is 38.7 Å². The highest BCUT2D eigenvalue weighted by molar-refractivity contribution is 5.97. The monoisotopic (exact) mass is 368 g/mol. The zero-order chi connectivity index (χ0) is 18.6. The van der Waals surface area contributed by atoms with Gasteiger partial charge in [0.2, 0.25) is 6.39 Å². The van der Waals surface area contributed by atoms with Crippen molar-refractivity contribution in [1.82, 2.24) is 10.2 Å². The number of benzene rings is 1. The summed E-state index contributed by atoms with van der Waals surface area (Å²) in [5, 5.41) is 16.2. The summed E-state index contributed by atoms with van der Waals surface area (Å²) >= 11 is 0. The number of aromatic nitrogens is 2. The summed E-state index contributed by atoms with van der Waals surface area (Å²) in [6, 6.07) is 4.50. The molecule has 1 amide bonds. The Bertz CT molecular complexity index is 785. The SMILES string of the molecule is O=C(Nc1cc(N2CCCCC2)ccc1N=Nc1nnco1)C(F)(F)F. The lowest BCUT2D eigenvalue weighted by molar-refractivity contribution is -0.167. The molecular weight excluding hydrogens is 353 g/mol. The number of carbonyl (C=O) groups excluding carboxylic acids is 1. The van der Waals surface area contributed by atoms with Crippen LogP contribution in [0.25, 0.3) is 0 Å². The maximum absolute atomic E-state index is 12.6. The van der Waals surface area contributed by atoms with E-state index in [2.05, 4.69) is 20.4 Å². The Balaban J connectivity index is 1.90. The quantitative estimate of drug-likeness (QED) is 0.824. The molecule has 1 aromatic heterocycles. The fourth-order valence-electron chi connectivity index (χ4n) is 2.56. The van der Waals surface area contributed by atoms with E-state index in [1.165, 1.54) is 12.1 Å². The number of nitrogens with zero attached hydrogens (tertiary/aromatic N) is 5. The third kappa shape index (κ3) is 4.35. The smallest absolute Gasteiger partial charge is 0.408 e. The van der Waals surface area contributed by atoms with Crippen molar-refractivity contribution in [1.29, 1.82) is 0 Å². The highest BCUT2D eigenvalue weighted by Gasteiger charge is 2.39. The predicted molar refractivity (Wildman–Crippen MR) is 85.7 cm³/mol. The maximum atomic E-state index is 12.6. The highest BCUT2D eigenvalue weighted by atomic mass is 19.4. The van der Waals surface area contributed by atoms with Crippen molar-refractivity contribution < 1.29 is 22.4 Å². The molecule has 1 fully saturated rings. The van der Waals surface area contributed by atoms with Crippen molar-refractivity contribution in [2.75, 3.05) is 23.3 Å². The molecule has 1 N–H and O–H groups in total. The van der Waals surface area contributed by atoms with Gasteiger partial charge in [0.25, 0.3) is 0 Å². The topological polar surface area (TPSA) is 96.0 Å². The van der Waals surface area contributed by atoms with Gasteiger partial charge in [0.05, 0.1) is 5.69 Å². The van der Waals surface area contributed by atoms with Gasteiger partial charge in [0.1, 0.15) is 5.69 Å². The Morgan fingerprint density at radius 1 is 1.19 bits per heavy atom. The molecule has 0 atom stereocenters. The van der Waals surface area contributed by atoms with Crippen molar-refractivity contribution in [3.8, 4) is 0 Å². The van der Waals surface area contributed by atoms with Gasteiger partial charge in [-0.3, -0.25) is 4.79 Å². The van der Waals surface area contributed by atoms with E-state index in [1.54, 1.807) is 6.07 Å². The van der Waals surface area contributed by atoms with Crippen LogP contribution in [0.5, 0.6) is 0 Å². The molecule has 26 heavy (non-hydrogen) atoms. The van der Waals surface area contributed by atoms with Crippen LogP contribution in [-0.2, 0) is 4.79 Å². The first-order chi connectivity index (χ1) is 12.4. The minimum atomic E-state index is -5.01. The van der Waals surface area contributed by atoms with Gasteiger partial charge in [-0.15, -0.1) is 10.2 Å². The number of piperidine rings is 1. The van der Waals surface area contributed by atoms with E-state index in [1.807, 2.05) is 10.2 Å². The second-order valence-corrected chi connectivity index (χ2v) is 5.62. The number of amides is 1. The van der Waals surface area contributed by atoms with Gasteiger partial charge in [0, 0.05) is 18.8 Å². The van der Waals surface area contributed by atoms with Crippen LogP contribution in [0.2, 0.25) is 0 Å². The van der Waals surface area contributed by atoms with Crippen molar-refractivity contribution in [2.24, 2.45) is 10.2 Å². The molecule has 0 saturated carbocycles. The lowest BCUT2D eigenvalue weighted by atomic mass is 10.1. The molecule has 0 unspecified atom stereocenters. The number of anilines is 2. The Morgan fingerprint density at radius 3 is 2.62 bits per heavy atom. The van der Waals surface area contributed by atoms with Crippen LogP contribution >= 0.6 is 0 Å². The standard InChI is InChI=1S/C15H15F3N6O2/c16-15(17,18)13(25)20-12-8-10(24-6-2-1-3-7-24)4-5-11(12)21-23-14-22-19-9-26-14/h4-5,8-9H,1-3,6-7H2,(H,20,25). The molecule has 138 valence electrons. The van der Waals surface area contributed by atoms with Gasteiger partial charge in [-0.25, -0.2) is 0 Å². The summed E-state index contributed by atoms with van der Waals surface area (Å²) < 4.78 is 42.7. The van der Waals surface area contributed by atoms with E-state index < -0.39 is 12.1 Å². The van der Waals surface area contributed by atoms with E-state index in [0.29, 0.717) is 5.69 Å². The van der Waals surface area contributed by atoms with Gasteiger partial charge in [-0.05, 0) is 37.5 Å².